The lowest BCUT2D eigenvalue weighted by Gasteiger charge is -2.09. The first-order chi connectivity index (χ1) is 9.11. The van der Waals surface area contributed by atoms with E-state index in [1.807, 2.05) is 0 Å². The number of para-hydroxylation sites is 2. The molecule has 98 valence electrons. The first-order valence-corrected chi connectivity index (χ1v) is 6.21. The number of carbonyl (C=O) groups is 1. The van der Waals surface area contributed by atoms with Gasteiger partial charge in [0.2, 0.25) is 0 Å². The minimum atomic E-state index is -0.769. The number of methoxy groups -OCH3 is 1. The summed E-state index contributed by atoms with van der Waals surface area (Å²) in [4.78, 5) is 11.9. The maximum absolute atomic E-state index is 13.6. The van der Waals surface area contributed by atoms with Gasteiger partial charge in [-0.15, -0.1) is 0 Å². The predicted molar refractivity (Wildman–Crippen MR) is 72.1 cm³/mol. The van der Waals surface area contributed by atoms with Crippen LogP contribution in [0, 0.1) is 5.82 Å². The van der Waals surface area contributed by atoms with Crippen LogP contribution < -0.4 is 9.47 Å². The van der Waals surface area contributed by atoms with Crippen LogP contribution in [-0.2, 0) is 0 Å². The number of halogens is 2. The highest BCUT2D eigenvalue weighted by Crippen LogP contribution is 2.27. The Bertz CT molecular complexity index is 613. The van der Waals surface area contributed by atoms with E-state index in [9.17, 15) is 9.18 Å². The second-order valence-corrected chi connectivity index (χ2v) is 4.58. The molecule has 0 saturated carbocycles. The molecule has 0 unspecified atom stereocenters. The van der Waals surface area contributed by atoms with Crippen molar-refractivity contribution in [3.63, 3.8) is 0 Å². The maximum Gasteiger partial charge on any atom is 0.346 e. The largest absolute Gasteiger partial charge is 0.493 e. The van der Waals surface area contributed by atoms with Crippen molar-refractivity contribution in [3.05, 3.63) is 58.3 Å². The molecule has 2 aromatic rings. The Balaban J connectivity index is 2.26. The molecule has 0 fully saturated rings. The van der Waals surface area contributed by atoms with Crippen LogP contribution in [0.25, 0.3) is 0 Å². The van der Waals surface area contributed by atoms with Gasteiger partial charge in [-0.2, -0.15) is 0 Å². The van der Waals surface area contributed by atoms with E-state index in [0.717, 1.165) is 0 Å². The fourth-order valence-electron chi connectivity index (χ4n) is 1.51. The summed E-state index contributed by atoms with van der Waals surface area (Å²) in [5.41, 5.74) is -0.130. The molecule has 0 radical (unpaired) electrons. The number of hydrogen-bond donors (Lipinski definition) is 0. The van der Waals surface area contributed by atoms with Gasteiger partial charge in [-0.25, -0.2) is 9.18 Å². The van der Waals surface area contributed by atoms with Gasteiger partial charge >= 0.3 is 5.97 Å². The molecule has 0 saturated heterocycles. The van der Waals surface area contributed by atoms with E-state index in [-0.39, 0.29) is 11.3 Å². The molecule has 3 nitrogen and oxygen atoms in total. The third kappa shape index (κ3) is 3.12. The van der Waals surface area contributed by atoms with Crippen LogP contribution in [0.15, 0.2) is 46.9 Å². The summed E-state index contributed by atoms with van der Waals surface area (Å²) in [5, 5.41) is 0. The van der Waals surface area contributed by atoms with Gasteiger partial charge in [0.1, 0.15) is 5.82 Å². The third-order valence-electron chi connectivity index (χ3n) is 2.42. The summed E-state index contributed by atoms with van der Waals surface area (Å²) in [6.07, 6.45) is 0. The molecule has 0 aromatic heterocycles. The van der Waals surface area contributed by atoms with Gasteiger partial charge in [0, 0.05) is 4.47 Å². The van der Waals surface area contributed by atoms with E-state index in [2.05, 4.69) is 15.9 Å². The van der Waals surface area contributed by atoms with Crippen LogP contribution in [0.5, 0.6) is 11.5 Å². The highest BCUT2D eigenvalue weighted by Gasteiger charge is 2.16. The first-order valence-electron chi connectivity index (χ1n) is 5.42. The van der Waals surface area contributed by atoms with Crippen molar-refractivity contribution in [1.82, 2.24) is 0 Å². The molecule has 0 spiro atoms. The van der Waals surface area contributed by atoms with E-state index in [0.29, 0.717) is 10.2 Å². The van der Waals surface area contributed by atoms with Crippen molar-refractivity contribution in [2.24, 2.45) is 0 Å². The zero-order chi connectivity index (χ0) is 13.8. The maximum atomic E-state index is 13.6. The topological polar surface area (TPSA) is 35.5 Å². The number of benzene rings is 2. The zero-order valence-electron chi connectivity index (χ0n) is 10.0. The van der Waals surface area contributed by atoms with Crippen molar-refractivity contribution < 1.29 is 18.7 Å². The first kappa shape index (κ1) is 13.5. The van der Waals surface area contributed by atoms with Gasteiger partial charge in [0.15, 0.2) is 11.5 Å². The molecule has 19 heavy (non-hydrogen) atoms. The van der Waals surface area contributed by atoms with Gasteiger partial charge in [-0.1, -0.05) is 28.1 Å². The molecule has 0 aliphatic rings. The normalized spacial score (nSPS) is 10.1. The van der Waals surface area contributed by atoms with Gasteiger partial charge in [-0.3, -0.25) is 0 Å². The van der Waals surface area contributed by atoms with Gasteiger partial charge in [-0.05, 0) is 30.3 Å². The number of esters is 1. The van der Waals surface area contributed by atoms with Crippen molar-refractivity contribution in [2.75, 3.05) is 7.11 Å². The molecule has 2 rings (SSSR count). The zero-order valence-corrected chi connectivity index (χ0v) is 11.6. The third-order valence-corrected chi connectivity index (χ3v) is 2.92. The van der Waals surface area contributed by atoms with Crippen LogP contribution in [-0.4, -0.2) is 13.1 Å². The molecule has 0 atom stereocenters. The fraction of sp³-hybridized carbons (Fsp3) is 0.0714. The molecule has 0 heterocycles. The minimum absolute atomic E-state index is 0.130. The molecule has 0 aliphatic carbocycles. The Kier molecular flexibility index (Phi) is 4.16. The molecule has 0 aliphatic heterocycles. The summed E-state index contributed by atoms with van der Waals surface area (Å²) in [5.74, 6) is -0.755. The highest BCUT2D eigenvalue weighted by atomic mass is 79.9. The summed E-state index contributed by atoms with van der Waals surface area (Å²) >= 11 is 3.12. The lowest BCUT2D eigenvalue weighted by Crippen LogP contribution is -2.11. The van der Waals surface area contributed by atoms with E-state index in [1.165, 1.54) is 19.2 Å². The summed E-state index contributed by atoms with van der Waals surface area (Å²) < 4.78 is 24.4. The second-order valence-electron chi connectivity index (χ2n) is 3.66. The summed E-state index contributed by atoms with van der Waals surface area (Å²) in [6, 6.07) is 10.8. The number of carbonyl (C=O) groups excluding carboxylic acids is 1. The standard InChI is InChI=1S/C14H10BrFO3/c1-18-12-4-2-3-5-13(12)19-14(17)10-7-6-9(15)8-11(10)16/h2-8H,1H3. The van der Waals surface area contributed by atoms with Crippen LogP contribution in [0.1, 0.15) is 10.4 Å². The number of ether oxygens (including phenoxy) is 2. The van der Waals surface area contributed by atoms with Crippen LogP contribution >= 0.6 is 15.9 Å². The Morgan fingerprint density at radius 2 is 1.84 bits per heavy atom. The van der Waals surface area contributed by atoms with Crippen molar-refractivity contribution >= 4 is 21.9 Å². The molecule has 5 heteroatoms. The average Bonchev–Trinajstić information content (AvgIpc) is 2.39. The Hall–Kier alpha value is -1.88. The predicted octanol–water partition coefficient (Wildman–Crippen LogP) is 3.82. The summed E-state index contributed by atoms with van der Waals surface area (Å²) in [6.45, 7) is 0. The van der Waals surface area contributed by atoms with E-state index >= 15 is 0 Å². The van der Waals surface area contributed by atoms with E-state index in [4.69, 9.17) is 9.47 Å². The van der Waals surface area contributed by atoms with Crippen LogP contribution in [0.2, 0.25) is 0 Å². The molecule has 2 aromatic carbocycles. The SMILES string of the molecule is COc1ccccc1OC(=O)c1ccc(Br)cc1F. The molecular weight excluding hydrogens is 315 g/mol. The molecule has 0 bridgehead atoms. The number of hydrogen-bond acceptors (Lipinski definition) is 3. The molecular formula is C14H10BrFO3. The van der Waals surface area contributed by atoms with Crippen molar-refractivity contribution in [1.29, 1.82) is 0 Å². The van der Waals surface area contributed by atoms with Gasteiger partial charge < -0.3 is 9.47 Å². The molecule has 0 amide bonds. The lowest BCUT2D eigenvalue weighted by molar-refractivity contribution is 0.0725. The van der Waals surface area contributed by atoms with Gasteiger partial charge in [0.25, 0.3) is 0 Å². The quantitative estimate of drug-likeness (QED) is 0.636. The fourth-order valence-corrected chi connectivity index (χ4v) is 1.85. The monoisotopic (exact) mass is 324 g/mol. The highest BCUT2D eigenvalue weighted by molar-refractivity contribution is 9.10. The second kappa shape index (κ2) is 5.84. The van der Waals surface area contributed by atoms with Crippen molar-refractivity contribution in [3.8, 4) is 11.5 Å². The smallest absolute Gasteiger partial charge is 0.346 e. The van der Waals surface area contributed by atoms with Gasteiger partial charge in [0.05, 0.1) is 12.7 Å². The summed E-state index contributed by atoms with van der Waals surface area (Å²) in [7, 11) is 1.47. The Morgan fingerprint density at radius 1 is 1.16 bits per heavy atom. The van der Waals surface area contributed by atoms with Crippen LogP contribution in [0.4, 0.5) is 4.39 Å². The minimum Gasteiger partial charge on any atom is -0.493 e. The lowest BCUT2D eigenvalue weighted by atomic mass is 10.2. The Labute approximate surface area is 118 Å². The van der Waals surface area contributed by atoms with Crippen LogP contribution in [0.3, 0.4) is 0 Å². The van der Waals surface area contributed by atoms with E-state index < -0.39 is 11.8 Å². The average molecular weight is 325 g/mol. The Morgan fingerprint density at radius 3 is 2.47 bits per heavy atom. The number of rotatable bonds is 3. The molecule has 0 N–H and O–H groups in total. The van der Waals surface area contributed by atoms with Crippen molar-refractivity contribution in [2.45, 2.75) is 0 Å². The van der Waals surface area contributed by atoms with E-state index in [1.54, 1.807) is 30.3 Å².